The molecule has 0 atom stereocenters. The van der Waals surface area contributed by atoms with Crippen LogP contribution in [0.15, 0.2) is 42.5 Å². The van der Waals surface area contributed by atoms with E-state index >= 15 is 0 Å². The first-order valence-electron chi connectivity index (χ1n) is 7.03. The average Bonchev–Trinajstić information content (AvgIpc) is 2.81. The molecule has 0 fully saturated rings. The maximum absolute atomic E-state index is 12.2. The largest absolute Gasteiger partial charge is 0.446 e. The zero-order valence-electron chi connectivity index (χ0n) is 11.6. The molecule has 2 nitrogen and oxygen atoms in total. The summed E-state index contributed by atoms with van der Waals surface area (Å²) in [6.07, 6.45) is 2.12. The van der Waals surface area contributed by atoms with Crippen LogP contribution in [0.25, 0.3) is 0 Å². The molecule has 1 aliphatic rings. The normalized spacial score (nSPS) is 13.4. The first-order valence-corrected chi connectivity index (χ1v) is 7.03. The minimum Gasteiger partial charge on any atom is -0.446 e. The maximum atomic E-state index is 12.2. The quantitative estimate of drug-likeness (QED) is 0.681. The number of hydrogen-bond acceptors (Lipinski definition) is 2. The highest BCUT2D eigenvalue weighted by Gasteiger charge is 2.24. The second-order valence-electron chi connectivity index (χ2n) is 5.55. The molecule has 1 heterocycles. The van der Waals surface area contributed by atoms with Crippen LogP contribution in [-0.4, -0.2) is 17.7 Å². The van der Waals surface area contributed by atoms with Crippen molar-refractivity contribution in [3.8, 4) is 0 Å². The van der Waals surface area contributed by atoms with E-state index in [9.17, 15) is 9.82 Å². The second-order valence-corrected chi connectivity index (χ2v) is 5.55. The standard InChI is InChI=1S/C17H17BO2/c1-12-2-5-15(6-3-12)17(19)11-13-4-7-14-8-9-18(20)16(14)10-13/h2-7,10,20H,8-9,11H2,1H3. The second kappa shape index (κ2) is 5.26. The molecule has 1 N–H and O–H groups in total. The molecule has 0 bridgehead atoms. The SMILES string of the molecule is Cc1ccc(C(=O)Cc2ccc3c(c2)B(O)CC3)cc1. The fourth-order valence-electron chi connectivity index (χ4n) is 2.77. The molecule has 2 aromatic rings. The summed E-state index contributed by atoms with van der Waals surface area (Å²) < 4.78 is 0. The van der Waals surface area contributed by atoms with Crippen molar-refractivity contribution < 1.29 is 9.82 Å². The van der Waals surface area contributed by atoms with Crippen LogP contribution in [0, 0.1) is 6.92 Å². The van der Waals surface area contributed by atoms with E-state index in [1.54, 1.807) is 0 Å². The first kappa shape index (κ1) is 13.1. The number of hydrogen-bond donors (Lipinski definition) is 1. The summed E-state index contributed by atoms with van der Waals surface area (Å²) in [6.45, 7) is 1.65. The van der Waals surface area contributed by atoms with E-state index in [2.05, 4.69) is 0 Å². The van der Waals surface area contributed by atoms with E-state index in [0.717, 1.165) is 34.9 Å². The van der Waals surface area contributed by atoms with Gasteiger partial charge in [0.25, 0.3) is 0 Å². The zero-order valence-corrected chi connectivity index (χ0v) is 11.6. The van der Waals surface area contributed by atoms with E-state index in [0.29, 0.717) is 6.42 Å². The molecule has 0 saturated heterocycles. The van der Waals surface area contributed by atoms with Gasteiger partial charge in [-0.25, -0.2) is 0 Å². The third-order valence-electron chi connectivity index (χ3n) is 3.99. The Balaban J connectivity index is 1.79. The minimum atomic E-state index is -0.362. The van der Waals surface area contributed by atoms with E-state index in [1.165, 1.54) is 5.56 Å². The Labute approximate surface area is 119 Å². The fraction of sp³-hybridized carbons (Fsp3) is 0.235. The molecule has 100 valence electrons. The van der Waals surface area contributed by atoms with Gasteiger partial charge in [-0.2, -0.15) is 0 Å². The summed E-state index contributed by atoms with van der Waals surface area (Å²) in [5, 5.41) is 9.90. The van der Waals surface area contributed by atoms with Crippen LogP contribution in [0.3, 0.4) is 0 Å². The number of benzene rings is 2. The zero-order chi connectivity index (χ0) is 14.1. The van der Waals surface area contributed by atoms with E-state index in [4.69, 9.17) is 0 Å². The van der Waals surface area contributed by atoms with Gasteiger partial charge < -0.3 is 5.02 Å². The molecule has 1 aliphatic heterocycles. The Morgan fingerprint density at radius 1 is 1.20 bits per heavy atom. The predicted octanol–water partition coefficient (Wildman–Crippen LogP) is 2.17. The van der Waals surface area contributed by atoms with Crippen LogP contribution in [-0.2, 0) is 12.8 Å². The van der Waals surface area contributed by atoms with Gasteiger partial charge in [0.2, 0.25) is 0 Å². The number of Topliss-reactive ketones (excluding diaryl/α,β-unsaturated/α-hetero) is 1. The molecule has 20 heavy (non-hydrogen) atoms. The summed E-state index contributed by atoms with van der Waals surface area (Å²) in [6, 6.07) is 13.7. The van der Waals surface area contributed by atoms with Crippen LogP contribution >= 0.6 is 0 Å². The third-order valence-corrected chi connectivity index (χ3v) is 3.99. The lowest BCUT2D eigenvalue weighted by Crippen LogP contribution is -2.26. The molecule has 3 rings (SSSR count). The minimum absolute atomic E-state index is 0.123. The molecular formula is C17H17BO2. The molecule has 0 amide bonds. The van der Waals surface area contributed by atoms with Crippen LogP contribution < -0.4 is 5.46 Å². The van der Waals surface area contributed by atoms with Crippen molar-refractivity contribution >= 4 is 18.2 Å². The van der Waals surface area contributed by atoms with Gasteiger partial charge in [0.05, 0.1) is 0 Å². The average molecular weight is 264 g/mol. The summed E-state index contributed by atoms with van der Waals surface area (Å²) in [5.41, 5.74) is 5.09. The number of rotatable bonds is 3. The molecule has 0 aromatic heterocycles. The lowest BCUT2D eigenvalue weighted by Gasteiger charge is -2.06. The predicted molar refractivity (Wildman–Crippen MR) is 81.8 cm³/mol. The fourth-order valence-corrected chi connectivity index (χ4v) is 2.77. The van der Waals surface area contributed by atoms with Gasteiger partial charge in [0, 0.05) is 12.0 Å². The highest BCUT2D eigenvalue weighted by Crippen LogP contribution is 2.16. The lowest BCUT2D eigenvalue weighted by molar-refractivity contribution is 0.0993. The van der Waals surface area contributed by atoms with Crippen LogP contribution in [0.2, 0.25) is 6.32 Å². The van der Waals surface area contributed by atoms with Crippen molar-refractivity contribution in [2.45, 2.75) is 26.1 Å². The van der Waals surface area contributed by atoms with Crippen molar-refractivity contribution in [2.75, 3.05) is 0 Å². The molecule has 0 saturated carbocycles. The number of carbonyl (C=O) groups is 1. The van der Waals surface area contributed by atoms with Gasteiger partial charge in [0.1, 0.15) is 0 Å². The lowest BCUT2D eigenvalue weighted by atomic mass is 9.63. The van der Waals surface area contributed by atoms with Crippen LogP contribution in [0.5, 0.6) is 0 Å². The Morgan fingerprint density at radius 2 is 1.95 bits per heavy atom. The molecule has 0 spiro atoms. The van der Waals surface area contributed by atoms with Gasteiger partial charge in [-0.3, -0.25) is 4.79 Å². The Bertz CT molecular complexity index is 647. The highest BCUT2D eigenvalue weighted by molar-refractivity contribution is 6.68. The Morgan fingerprint density at radius 3 is 2.70 bits per heavy atom. The molecule has 2 aromatic carbocycles. The van der Waals surface area contributed by atoms with Gasteiger partial charge in [-0.1, -0.05) is 53.6 Å². The molecule has 0 radical (unpaired) electrons. The first-order chi connectivity index (χ1) is 9.63. The summed E-state index contributed by atoms with van der Waals surface area (Å²) in [5.74, 6) is 0.123. The van der Waals surface area contributed by atoms with E-state index < -0.39 is 0 Å². The van der Waals surface area contributed by atoms with Crippen LogP contribution in [0.1, 0.15) is 27.0 Å². The molecular weight excluding hydrogens is 247 g/mol. The third kappa shape index (κ3) is 2.54. The van der Waals surface area contributed by atoms with Gasteiger partial charge >= 0.3 is 6.92 Å². The monoisotopic (exact) mass is 264 g/mol. The Hall–Kier alpha value is -1.87. The van der Waals surface area contributed by atoms with Gasteiger partial charge in [-0.05, 0) is 30.7 Å². The van der Waals surface area contributed by atoms with Crippen molar-refractivity contribution in [1.82, 2.24) is 0 Å². The summed E-state index contributed by atoms with van der Waals surface area (Å²) >= 11 is 0. The van der Waals surface area contributed by atoms with E-state index in [1.807, 2.05) is 49.4 Å². The van der Waals surface area contributed by atoms with E-state index in [-0.39, 0.29) is 12.7 Å². The van der Waals surface area contributed by atoms with Crippen molar-refractivity contribution in [2.24, 2.45) is 0 Å². The number of fused-ring (bicyclic) bond motifs is 1. The topological polar surface area (TPSA) is 37.3 Å². The van der Waals surface area contributed by atoms with Crippen molar-refractivity contribution in [1.29, 1.82) is 0 Å². The van der Waals surface area contributed by atoms with Gasteiger partial charge in [-0.15, -0.1) is 0 Å². The van der Waals surface area contributed by atoms with Crippen LogP contribution in [0.4, 0.5) is 0 Å². The Kier molecular flexibility index (Phi) is 3.45. The number of aryl methyl sites for hydroxylation is 2. The summed E-state index contributed by atoms with van der Waals surface area (Å²) in [4.78, 5) is 12.2. The summed E-state index contributed by atoms with van der Waals surface area (Å²) in [7, 11) is 0. The number of carbonyl (C=O) groups excluding carboxylic acids is 1. The number of ketones is 1. The molecule has 0 unspecified atom stereocenters. The molecule has 3 heteroatoms. The smallest absolute Gasteiger partial charge is 0.324 e. The van der Waals surface area contributed by atoms with Crippen molar-refractivity contribution in [3.05, 3.63) is 64.7 Å². The maximum Gasteiger partial charge on any atom is 0.324 e. The highest BCUT2D eigenvalue weighted by atomic mass is 16.2. The van der Waals surface area contributed by atoms with Crippen molar-refractivity contribution in [3.63, 3.8) is 0 Å². The molecule has 0 aliphatic carbocycles. The van der Waals surface area contributed by atoms with Gasteiger partial charge in [0.15, 0.2) is 5.78 Å².